The molecule has 0 unspecified atom stereocenters. The van der Waals surface area contributed by atoms with Crippen molar-refractivity contribution in [3.8, 4) is 11.5 Å². The number of phenolic OH excluding ortho intramolecular Hbond substituents is 2. The Labute approximate surface area is 578 Å². The second kappa shape index (κ2) is 59.9. The fraction of sp³-hybridized carbons (Fsp3) is 0.395. The number of carboxylic acid groups (broad SMARTS) is 1. The van der Waals surface area contributed by atoms with Crippen LogP contribution >= 0.6 is 0 Å². The number of carboxylic acids is 1. The molecule has 0 radical (unpaired) electrons. The molecule has 0 atom stereocenters. The van der Waals surface area contributed by atoms with E-state index >= 15 is 0 Å². The maximum atomic E-state index is 12.1. The molecule has 1 amide bonds. The fourth-order valence-electron chi connectivity index (χ4n) is 9.32. The van der Waals surface area contributed by atoms with E-state index in [1.807, 2.05) is 6.08 Å². The Bertz CT molecular complexity index is 3140. The molecule has 0 bridgehead atoms. The van der Waals surface area contributed by atoms with Crippen molar-refractivity contribution < 1.29 is 44.1 Å². The van der Waals surface area contributed by atoms with Gasteiger partial charge in [-0.15, -0.1) is 0 Å². The molecular weight excluding hydrogens is 1190 g/mol. The van der Waals surface area contributed by atoms with Crippen molar-refractivity contribution in [2.24, 2.45) is 0 Å². The number of nitrogens with one attached hydrogen (secondary N) is 1. The summed E-state index contributed by atoms with van der Waals surface area (Å²) in [5.41, 5.74) is 3.51. The first-order chi connectivity index (χ1) is 46.6. The third-order valence-corrected chi connectivity index (χ3v) is 14.7. The Balaban J connectivity index is 0.000000721. The van der Waals surface area contributed by atoms with E-state index in [0.29, 0.717) is 49.8 Å². The number of amides is 1. The van der Waals surface area contributed by atoms with Gasteiger partial charge in [0.1, 0.15) is 23.1 Å². The van der Waals surface area contributed by atoms with E-state index < -0.39 is 5.97 Å². The van der Waals surface area contributed by atoms with Gasteiger partial charge in [0.25, 0.3) is 0 Å². The molecule has 3 rings (SSSR count). The van der Waals surface area contributed by atoms with Gasteiger partial charge in [0, 0.05) is 37.8 Å². The molecule has 0 fully saturated rings. The summed E-state index contributed by atoms with van der Waals surface area (Å²) in [6.45, 7) is 11.0. The van der Waals surface area contributed by atoms with Gasteiger partial charge in [0.15, 0.2) is 11.6 Å². The third kappa shape index (κ3) is 48.9. The summed E-state index contributed by atoms with van der Waals surface area (Å²) >= 11 is 0. The lowest BCUT2D eigenvalue weighted by Crippen LogP contribution is -2.11. The van der Waals surface area contributed by atoms with Crippen LogP contribution in [-0.2, 0) is 27.2 Å². The summed E-state index contributed by atoms with van der Waals surface area (Å²) in [6, 6.07) is 14.5. The van der Waals surface area contributed by atoms with Gasteiger partial charge in [-0.1, -0.05) is 228 Å². The fourth-order valence-corrected chi connectivity index (χ4v) is 9.32. The van der Waals surface area contributed by atoms with Crippen LogP contribution in [0.4, 0.5) is 5.69 Å². The van der Waals surface area contributed by atoms with Crippen molar-refractivity contribution in [2.45, 2.75) is 221 Å². The molecule has 0 aliphatic rings. The van der Waals surface area contributed by atoms with Gasteiger partial charge in [0.05, 0.1) is 16.7 Å². The maximum Gasteiger partial charge on any atom is 0.336 e. The number of rotatable bonds is 48. The molecule has 0 saturated heterocycles. The predicted octanol–water partition coefficient (Wildman–Crippen LogP) is 23.0. The minimum absolute atomic E-state index is 0.0233. The van der Waals surface area contributed by atoms with Gasteiger partial charge in [-0.05, 0) is 202 Å². The van der Waals surface area contributed by atoms with Crippen LogP contribution in [0.2, 0.25) is 0 Å². The molecular formula is C86H115NO9. The Morgan fingerprint density at radius 2 is 0.677 bits per heavy atom. The second-order valence-electron chi connectivity index (χ2n) is 23.3. The highest BCUT2D eigenvalue weighted by Crippen LogP contribution is 2.22. The minimum Gasteiger partial charge on any atom is -0.507 e. The normalized spacial score (nSPS) is 12.2. The first-order valence-corrected chi connectivity index (χ1v) is 35.1. The summed E-state index contributed by atoms with van der Waals surface area (Å²) in [7, 11) is 0. The van der Waals surface area contributed by atoms with E-state index in [2.05, 4.69) is 190 Å². The van der Waals surface area contributed by atoms with E-state index in [1.165, 1.54) is 51.3 Å². The number of anilines is 1. The van der Waals surface area contributed by atoms with Crippen LogP contribution < -0.4 is 5.32 Å². The van der Waals surface area contributed by atoms with Crippen molar-refractivity contribution in [3.05, 3.63) is 258 Å². The molecule has 0 aliphatic carbocycles. The van der Waals surface area contributed by atoms with Crippen LogP contribution in [0, 0.1) is 6.92 Å². The molecule has 3 aromatic rings. The molecule has 0 aliphatic heterocycles. The number of allylic oxidation sites excluding steroid dienone is 28. The number of aryl methyl sites for hydroxylation is 1. The number of aromatic hydroxyl groups is 2. The molecule has 0 saturated carbocycles. The summed E-state index contributed by atoms with van der Waals surface area (Å²) in [5, 5.41) is 31.3. The molecule has 10 nitrogen and oxygen atoms in total. The highest BCUT2D eigenvalue weighted by atomic mass is 16.4. The van der Waals surface area contributed by atoms with E-state index in [1.54, 1.807) is 43.3 Å². The largest absolute Gasteiger partial charge is 0.507 e. The van der Waals surface area contributed by atoms with Crippen molar-refractivity contribution >= 4 is 40.7 Å². The Kier molecular flexibility index (Phi) is 53.2. The number of phenols is 2. The van der Waals surface area contributed by atoms with Crippen molar-refractivity contribution in [1.82, 2.24) is 0 Å². The highest BCUT2D eigenvalue weighted by molar-refractivity contribution is 5.98. The van der Waals surface area contributed by atoms with E-state index in [4.69, 9.17) is 5.11 Å². The average molecular weight is 1310 g/mol. The molecule has 4 N–H and O–H groups in total. The van der Waals surface area contributed by atoms with E-state index in [-0.39, 0.29) is 57.2 Å². The van der Waals surface area contributed by atoms with Crippen LogP contribution in [0.3, 0.4) is 0 Å². The first-order valence-electron chi connectivity index (χ1n) is 35.1. The molecule has 0 aromatic heterocycles. The number of hydrogen-bond acceptors (Lipinski definition) is 8. The monoisotopic (exact) mass is 1310 g/mol. The molecule has 96 heavy (non-hydrogen) atoms. The zero-order valence-electron chi connectivity index (χ0n) is 59.0. The molecule has 0 spiro atoms. The van der Waals surface area contributed by atoms with Crippen LogP contribution in [0.25, 0.3) is 0 Å². The molecule has 518 valence electrons. The van der Waals surface area contributed by atoms with Gasteiger partial charge in [0.2, 0.25) is 5.91 Å². The highest BCUT2D eigenvalue weighted by Gasteiger charge is 2.13. The van der Waals surface area contributed by atoms with Crippen LogP contribution in [0.5, 0.6) is 11.5 Å². The van der Waals surface area contributed by atoms with Gasteiger partial charge in [-0.2, -0.15) is 0 Å². The van der Waals surface area contributed by atoms with Crippen LogP contribution in [0.15, 0.2) is 225 Å². The quantitative estimate of drug-likeness (QED) is 0.0244. The third-order valence-electron chi connectivity index (χ3n) is 14.7. The number of carbonyl (C=O) groups is 6. The van der Waals surface area contributed by atoms with Crippen LogP contribution in [0.1, 0.15) is 249 Å². The number of carbonyl (C=O) groups excluding carboxylic acids is 5. The molecule has 3 aromatic carbocycles. The Morgan fingerprint density at radius 3 is 1.04 bits per heavy atom. The molecule has 0 heterocycles. The van der Waals surface area contributed by atoms with E-state index in [0.717, 1.165) is 133 Å². The second-order valence-corrected chi connectivity index (χ2v) is 23.3. The van der Waals surface area contributed by atoms with Gasteiger partial charge >= 0.3 is 5.97 Å². The van der Waals surface area contributed by atoms with Crippen molar-refractivity contribution in [2.75, 3.05) is 5.32 Å². The lowest BCUT2D eigenvalue weighted by molar-refractivity contribution is -0.119. The SMILES string of the molecule is CC/C=C\C/C=C\C/C=C\C/C=C\C/C=C\C/C=C\CCC(=O)Nc1ccc(C)c(C(=O)O)c1.CC/C=C\C/C=C\C/C=C\C/C=C\C/C=C\CCCC(=O)Cc1ccc(O)c(C(C)=O)c1.CC/C=C\C/C=C\C/C=C\CCCCCCCC(=O)Cc1ccc(O)c(C(C)=O)c1. The smallest absolute Gasteiger partial charge is 0.336 e. The average Bonchev–Trinajstić information content (AvgIpc) is 1.16. The lowest BCUT2D eigenvalue weighted by atomic mass is 10.00. The standard InChI is InChI=1S/C30H39NO3.C29H38O3.C27H38O3/c1-3-4-5-6-7-8-9-10-11-12-13-14-15-16-17-18-19-20-21-22-29(32)31-27-24-23-26(2)28(25-27)30(33)34;1-3-4-5-6-7-8-9-10-11-12-13-14-15-16-17-18-19-20-27(31)23-26-21-22-29(32)28(24-26)25(2)30;1-3-4-5-6-7-8-9-10-11-12-13-14-15-16-17-18-25(29)21-24-19-20-27(30)26(22-24)23(2)28/h4-5,7-8,10-11,13-14,16-17,19-20,23-25H,3,6,9,12,15,18,21-22H2,1-2H3,(H,31,32)(H,33,34);4-5,7-8,10-11,13-14,16-17,21-22,24,32H,3,6,9,12,15,18-20,23H2,1-2H3;4-5,7-8,10-11,19-20,22,30H,3,6,9,12-18,21H2,1-2H3/b5-4-,8-7-,11-10-,14-13-,17-16-,20-19-;5-4-,8-7-,11-10-,14-13-,17-16-;5-4-,8-7-,11-10-. The maximum absolute atomic E-state index is 12.1. The van der Waals surface area contributed by atoms with E-state index in [9.17, 15) is 39.0 Å². The minimum atomic E-state index is -0.994. The summed E-state index contributed by atoms with van der Waals surface area (Å²) in [6.07, 6.45) is 85.9. The number of unbranched alkanes of at least 4 members (excludes halogenated alkanes) is 6. The zero-order valence-corrected chi connectivity index (χ0v) is 59.0. The first kappa shape index (κ1) is 85.3. The number of Topliss-reactive ketones (excluding diaryl/α,β-unsaturated/α-hetero) is 4. The van der Waals surface area contributed by atoms with Gasteiger partial charge < -0.3 is 20.6 Å². The van der Waals surface area contributed by atoms with Gasteiger partial charge in [-0.3, -0.25) is 24.0 Å². The summed E-state index contributed by atoms with van der Waals surface area (Å²) < 4.78 is 0. The Morgan fingerprint density at radius 1 is 0.354 bits per heavy atom. The predicted molar refractivity (Wildman–Crippen MR) is 405 cm³/mol. The van der Waals surface area contributed by atoms with Crippen molar-refractivity contribution in [3.63, 3.8) is 0 Å². The summed E-state index contributed by atoms with van der Waals surface area (Å²) in [4.78, 5) is 70.5. The molecule has 10 heteroatoms. The zero-order chi connectivity index (χ0) is 70.3. The van der Waals surface area contributed by atoms with Crippen LogP contribution in [-0.4, -0.2) is 50.3 Å². The number of ketones is 4. The lowest BCUT2D eigenvalue weighted by Gasteiger charge is -2.07. The van der Waals surface area contributed by atoms with Gasteiger partial charge in [-0.25, -0.2) is 4.79 Å². The number of aromatic carboxylic acids is 1. The number of hydrogen-bond donors (Lipinski definition) is 4. The number of benzene rings is 3. The topological polar surface area (TPSA) is 175 Å². The van der Waals surface area contributed by atoms with Crippen molar-refractivity contribution in [1.29, 1.82) is 0 Å². The Hall–Kier alpha value is -8.76. The summed E-state index contributed by atoms with van der Waals surface area (Å²) in [5.74, 6) is -1.22.